The lowest BCUT2D eigenvalue weighted by Gasteiger charge is -2.25. The van der Waals surface area contributed by atoms with Crippen LogP contribution in [0.2, 0.25) is 5.02 Å². The van der Waals surface area contributed by atoms with Crippen molar-refractivity contribution < 1.29 is 23.8 Å². The van der Waals surface area contributed by atoms with Crippen molar-refractivity contribution in [1.82, 2.24) is 5.32 Å². The highest BCUT2D eigenvalue weighted by molar-refractivity contribution is 6.31. The van der Waals surface area contributed by atoms with Crippen LogP contribution in [0.5, 0.6) is 0 Å². The van der Waals surface area contributed by atoms with E-state index in [4.69, 9.17) is 16.3 Å². The van der Waals surface area contributed by atoms with Gasteiger partial charge in [0.1, 0.15) is 11.2 Å². The van der Waals surface area contributed by atoms with Crippen molar-refractivity contribution >= 4 is 23.5 Å². The topological polar surface area (TPSA) is 75.6 Å². The lowest BCUT2D eigenvalue weighted by molar-refractivity contribution is -0.148. The third kappa shape index (κ3) is 2.62. The molecule has 108 valence electrons. The smallest absolute Gasteiger partial charge is 0.313 e. The predicted molar refractivity (Wildman–Crippen MR) is 69.2 cm³/mol. The van der Waals surface area contributed by atoms with Gasteiger partial charge in [-0.1, -0.05) is 11.6 Å². The van der Waals surface area contributed by atoms with E-state index < -0.39 is 29.2 Å². The largest absolute Gasteiger partial charge is 0.481 e. The minimum absolute atomic E-state index is 0.00862. The first kappa shape index (κ1) is 14.7. The van der Waals surface area contributed by atoms with Crippen molar-refractivity contribution in [3.05, 3.63) is 34.6 Å². The molecule has 2 unspecified atom stereocenters. The highest BCUT2D eigenvalue weighted by Gasteiger charge is 2.47. The van der Waals surface area contributed by atoms with Crippen LogP contribution in [-0.2, 0) is 9.53 Å². The Balaban J connectivity index is 2.19. The molecule has 1 saturated heterocycles. The molecule has 5 nitrogen and oxygen atoms in total. The van der Waals surface area contributed by atoms with Crippen LogP contribution < -0.4 is 5.32 Å². The van der Waals surface area contributed by atoms with Gasteiger partial charge in [-0.05, 0) is 25.1 Å². The second-order valence-corrected chi connectivity index (χ2v) is 5.32. The molecule has 2 atom stereocenters. The highest BCUT2D eigenvalue weighted by atomic mass is 35.5. The Kier molecular flexibility index (Phi) is 3.96. The molecule has 2 N–H and O–H groups in total. The number of benzene rings is 1. The summed E-state index contributed by atoms with van der Waals surface area (Å²) in [5.74, 6) is -2.51. The SMILES string of the molecule is CC1(C(=O)O)COCC1NC(=O)c1cc(Cl)ccc1F. The van der Waals surface area contributed by atoms with E-state index in [1.165, 1.54) is 19.1 Å². The van der Waals surface area contributed by atoms with Gasteiger partial charge in [0.15, 0.2) is 0 Å². The quantitative estimate of drug-likeness (QED) is 0.891. The summed E-state index contributed by atoms with van der Waals surface area (Å²) in [7, 11) is 0. The molecule has 1 aliphatic heterocycles. The molecule has 7 heteroatoms. The Morgan fingerprint density at radius 3 is 2.90 bits per heavy atom. The fourth-order valence-corrected chi connectivity index (χ4v) is 2.16. The number of rotatable bonds is 3. The summed E-state index contributed by atoms with van der Waals surface area (Å²) in [4.78, 5) is 23.3. The first-order valence-electron chi connectivity index (χ1n) is 5.91. The van der Waals surface area contributed by atoms with Gasteiger partial charge in [-0.15, -0.1) is 0 Å². The van der Waals surface area contributed by atoms with Crippen LogP contribution >= 0.6 is 11.6 Å². The van der Waals surface area contributed by atoms with Gasteiger partial charge in [-0.25, -0.2) is 4.39 Å². The number of carboxylic acid groups (broad SMARTS) is 1. The number of carbonyl (C=O) groups is 2. The molecule has 0 aliphatic carbocycles. The number of aliphatic carboxylic acids is 1. The first-order chi connectivity index (χ1) is 9.34. The molecule has 1 aliphatic rings. The molecule has 1 fully saturated rings. The van der Waals surface area contributed by atoms with E-state index in [1.807, 2.05) is 0 Å². The van der Waals surface area contributed by atoms with Gasteiger partial charge in [0.25, 0.3) is 5.91 Å². The van der Waals surface area contributed by atoms with Gasteiger partial charge in [-0.2, -0.15) is 0 Å². The van der Waals surface area contributed by atoms with Crippen molar-refractivity contribution in [3.63, 3.8) is 0 Å². The van der Waals surface area contributed by atoms with Crippen molar-refractivity contribution in [2.75, 3.05) is 13.2 Å². The van der Waals surface area contributed by atoms with E-state index >= 15 is 0 Å². The number of amides is 1. The van der Waals surface area contributed by atoms with Gasteiger partial charge in [0.2, 0.25) is 0 Å². The Morgan fingerprint density at radius 2 is 2.25 bits per heavy atom. The maximum absolute atomic E-state index is 13.6. The van der Waals surface area contributed by atoms with Crippen LogP contribution in [0.3, 0.4) is 0 Å². The number of halogens is 2. The van der Waals surface area contributed by atoms with Crippen molar-refractivity contribution in [2.24, 2.45) is 5.41 Å². The summed E-state index contributed by atoms with van der Waals surface area (Å²) in [5.41, 5.74) is -1.46. The first-order valence-corrected chi connectivity index (χ1v) is 6.29. The molecule has 0 radical (unpaired) electrons. The average Bonchev–Trinajstić information content (AvgIpc) is 2.75. The van der Waals surface area contributed by atoms with E-state index in [9.17, 15) is 19.1 Å². The summed E-state index contributed by atoms with van der Waals surface area (Å²) < 4.78 is 18.7. The van der Waals surface area contributed by atoms with Gasteiger partial charge < -0.3 is 15.2 Å². The van der Waals surface area contributed by atoms with Gasteiger partial charge in [-0.3, -0.25) is 9.59 Å². The van der Waals surface area contributed by atoms with Gasteiger partial charge >= 0.3 is 5.97 Å². The number of hydrogen-bond donors (Lipinski definition) is 2. The fourth-order valence-electron chi connectivity index (χ4n) is 1.99. The van der Waals surface area contributed by atoms with E-state index in [0.717, 1.165) is 6.07 Å². The molecule has 1 aromatic carbocycles. The zero-order chi connectivity index (χ0) is 14.9. The summed E-state index contributed by atoms with van der Waals surface area (Å²) in [6.07, 6.45) is 0. The molecule has 2 rings (SSSR count). The van der Waals surface area contributed by atoms with Gasteiger partial charge in [0.05, 0.1) is 24.8 Å². The van der Waals surface area contributed by atoms with Crippen LogP contribution in [0.15, 0.2) is 18.2 Å². The second-order valence-electron chi connectivity index (χ2n) is 4.89. The van der Waals surface area contributed by atoms with Crippen molar-refractivity contribution in [3.8, 4) is 0 Å². The molecule has 1 heterocycles. The van der Waals surface area contributed by atoms with Crippen LogP contribution in [0.25, 0.3) is 0 Å². The molecule has 0 spiro atoms. The van der Waals surface area contributed by atoms with E-state index in [-0.39, 0.29) is 23.8 Å². The number of carbonyl (C=O) groups excluding carboxylic acids is 1. The highest BCUT2D eigenvalue weighted by Crippen LogP contribution is 2.29. The normalized spacial score (nSPS) is 25.4. The third-order valence-electron chi connectivity index (χ3n) is 3.42. The van der Waals surface area contributed by atoms with Crippen LogP contribution in [0.4, 0.5) is 4.39 Å². The Labute approximate surface area is 119 Å². The second kappa shape index (κ2) is 5.38. The Hall–Kier alpha value is -1.66. The molecule has 1 amide bonds. The maximum atomic E-state index is 13.6. The lowest BCUT2D eigenvalue weighted by atomic mass is 9.85. The maximum Gasteiger partial charge on any atom is 0.313 e. The van der Waals surface area contributed by atoms with Crippen molar-refractivity contribution in [1.29, 1.82) is 0 Å². The predicted octanol–water partition coefficient (Wildman–Crippen LogP) is 1.70. The third-order valence-corrected chi connectivity index (χ3v) is 3.66. The summed E-state index contributed by atoms with van der Waals surface area (Å²) >= 11 is 5.72. The zero-order valence-corrected chi connectivity index (χ0v) is 11.4. The molecule has 0 aromatic heterocycles. The fraction of sp³-hybridized carbons (Fsp3) is 0.385. The minimum atomic E-state index is -1.23. The van der Waals surface area contributed by atoms with Crippen molar-refractivity contribution in [2.45, 2.75) is 13.0 Å². The summed E-state index contributed by atoms with van der Waals surface area (Å²) in [6, 6.07) is 2.87. The molecule has 0 bridgehead atoms. The van der Waals surface area contributed by atoms with E-state index in [0.29, 0.717) is 0 Å². The van der Waals surface area contributed by atoms with Crippen LogP contribution in [-0.4, -0.2) is 36.2 Å². The average molecular weight is 302 g/mol. The summed E-state index contributed by atoms with van der Waals surface area (Å²) in [5, 5.41) is 11.9. The van der Waals surface area contributed by atoms with Crippen LogP contribution in [0, 0.1) is 11.2 Å². The molecule has 1 aromatic rings. The molecular weight excluding hydrogens is 289 g/mol. The number of hydrogen-bond acceptors (Lipinski definition) is 3. The monoisotopic (exact) mass is 301 g/mol. The Morgan fingerprint density at radius 1 is 1.55 bits per heavy atom. The van der Waals surface area contributed by atoms with E-state index in [2.05, 4.69) is 5.32 Å². The van der Waals surface area contributed by atoms with E-state index in [1.54, 1.807) is 0 Å². The zero-order valence-electron chi connectivity index (χ0n) is 10.7. The van der Waals surface area contributed by atoms with Gasteiger partial charge in [0, 0.05) is 5.02 Å². The molecule has 0 saturated carbocycles. The minimum Gasteiger partial charge on any atom is -0.481 e. The number of ether oxygens (including phenoxy) is 1. The standard InChI is InChI=1S/C13H13ClFNO4/c1-13(12(18)19)6-20-5-10(13)16-11(17)8-4-7(14)2-3-9(8)15/h2-4,10H,5-6H2,1H3,(H,16,17)(H,18,19). The number of carboxylic acids is 1. The summed E-state index contributed by atoms with van der Waals surface area (Å²) in [6.45, 7) is 1.53. The Bertz CT molecular complexity index is 565. The molecular formula is C13H13ClFNO4. The molecule has 20 heavy (non-hydrogen) atoms. The lowest BCUT2D eigenvalue weighted by Crippen LogP contribution is -2.49. The number of nitrogens with one attached hydrogen (secondary N) is 1. The van der Waals surface area contributed by atoms with Crippen LogP contribution in [0.1, 0.15) is 17.3 Å².